The van der Waals surface area contributed by atoms with Gasteiger partial charge in [-0.2, -0.15) is 0 Å². The number of imidazole rings is 1. The van der Waals surface area contributed by atoms with Crippen LogP contribution in [0.5, 0.6) is 0 Å². The van der Waals surface area contributed by atoms with Crippen molar-refractivity contribution < 1.29 is 0 Å². The number of hydrogen-bond acceptors (Lipinski definition) is 2. The monoisotopic (exact) mass is 306 g/mol. The molecule has 0 aliphatic heterocycles. The third kappa shape index (κ3) is 1.50. The summed E-state index contributed by atoms with van der Waals surface area (Å²) in [5.74, 6) is 0.600. The Morgan fingerprint density at radius 1 is 1.54 bits per heavy atom. The van der Waals surface area contributed by atoms with Gasteiger partial charge in [-0.05, 0) is 35.4 Å². The van der Waals surface area contributed by atoms with Gasteiger partial charge in [-0.1, -0.05) is 13.8 Å². The van der Waals surface area contributed by atoms with Crippen LogP contribution in [0.1, 0.15) is 30.3 Å². The standard InChI is InChI=1S/C9H11IN2S/c1-5(2)7-4-12-8(10)6(3)11-9(12)13-7/h4-5H,1-3H3. The van der Waals surface area contributed by atoms with E-state index in [4.69, 9.17) is 0 Å². The third-order valence-electron chi connectivity index (χ3n) is 2.01. The molecule has 0 unspecified atom stereocenters. The molecule has 2 heterocycles. The van der Waals surface area contributed by atoms with E-state index in [1.165, 1.54) is 8.58 Å². The summed E-state index contributed by atoms with van der Waals surface area (Å²) < 4.78 is 3.41. The molecule has 0 aromatic carbocycles. The molecule has 0 bridgehead atoms. The van der Waals surface area contributed by atoms with Crippen molar-refractivity contribution in [2.75, 3.05) is 0 Å². The number of aryl methyl sites for hydroxylation is 1. The zero-order valence-corrected chi connectivity index (χ0v) is 10.8. The second kappa shape index (κ2) is 3.24. The predicted molar refractivity (Wildman–Crippen MR) is 64.6 cm³/mol. The summed E-state index contributed by atoms with van der Waals surface area (Å²) in [7, 11) is 0. The molecule has 2 rings (SSSR count). The van der Waals surface area contributed by atoms with Gasteiger partial charge in [0.2, 0.25) is 0 Å². The Labute approximate surface area is 95.1 Å². The van der Waals surface area contributed by atoms with Crippen molar-refractivity contribution in [2.45, 2.75) is 26.7 Å². The quantitative estimate of drug-likeness (QED) is 0.738. The Hall–Kier alpha value is -0.100. The van der Waals surface area contributed by atoms with E-state index in [9.17, 15) is 0 Å². The molecule has 2 nitrogen and oxygen atoms in total. The van der Waals surface area contributed by atoms with Crippen molar-refractivity contribution in [3.63, 3.8) is 0 Å². The van der Waals surface area contributed by atoms with Crippen molar-refractivity contribution in [2.24, 2.45) is 0 Å². The second-order valence-corrected chi connectivity index (χ2v) is 5.49. The maximum Gasteiger partial charge on any atom is 0.194 e. The topological polar surface area (TPSA) is 17.3 Å². The number of rotatable bonds is 1. The lowest BCUT2D eigenvalue weighted by atomic mass is 10.2. The first-order chi connectivity index (χ1) is 6.09. The van der Waals surface area contributed by atoms with Crippen LogP contribution in [-0.4, -0.2) is 9.38 Å². The van der Waals surface area contributed by atoms with Crippen LogP contribution >= 0.6 is 33.9 Å². The van der Waals surface area contributed by atoms with Gasteiger partial charge in [-0.3, -0.25) is 4.40 Å². The fraction of sp³-hybridized carbons (Fsp3) is 0.444. The normalized spacial score (nSPS) is 11.8. The first-order valence-corrected chi connectivity index (χ1v) is 6.13. The van der Waals surface area contributed by atoms with Gasteiger partial charge in [0.25, 0.3) is 0 Å². The predicted octanol–water partition coefficient (Wildman–Crippen LogP) is 3.43. The number of hydrogen-bond donors (Lipinski definition) is 0. The van der Waals surface area contributed by atoms with E-state index in [0.717, 1.165) is 10.7 Å². The number of aromatic nitrogens is 2. The van der Waals surface area contributed by atoms with Gasteiger partial charge in [0.15, 0.2) is 4.96 Å². The van der Waals surface area contributed by atoms with Crippen LogP contribution in [0, 0.1) is 10.6 Å². The van der Waals surface area contributed by atoms with E-state index in [-0.39, 0.29) is 0 Å². The van der Waals surface area contributed by atoms with Gasteiger partial charge in [-0.15, -0.1) is 11.3 Å². The molecule has 0 saturated heterocycles. The van der Waals surface area contributed by atoms with Gasteiger partial charge in [-0.25, -0.2) is 4.98 Å². The van der Waals surface area contributed by atoms with E-state index < -0.39 is 0 Å². The molecule has 2 aromatic heterocycles. The summed E-state index contributed by atoms with van der Waals surface area (Å²) in [6, 6.07) is 0. The first-order valence-electron chi connectivity index (χ1n) is 4.23. The van der Waals surface area contributed by atoms with Crippen molar-refractivity contribution in [3.05, 3.63) is 20.5 Å². The Balaban J connectivity index is 2.65. The fourth-order valence-electron chi connectivity index (χ4n) is 1.21. The minimum absolute atomic E-state index is 0.600. The van der Waals surface area contributed by atoms with Crippen LogP contribution in [0.3, 0.4) is 0 Å². The molecule has 0 fully saturated rings. The summed E-state index contributed by atoms with van der Waals surface area (Å²) in [6.45, 7) is 6.48. The van der Waals surface area contributed by atoms with Crippen LogP contribution in [0.2, 0.25) is 0 Å². The summed E-state index contributed by atoms with van der Waals surface area (Å²) >= 11 is 4.13. The van der Waals surface area contributed by atoms with Gasteiger partial charge >= 0.3 is 0 Å². The van der Waals surface area contributed by atoms with Crippen molar-refractivity contribution in [1.29, 1.82) is 0 Å². The summed E-state index contributed by atoms with van der Waals surface area (Å²) in [5.41, 5.74) is 1.13. The van der Waals surface area contributed by atoms with Crippen molar-refractivity contribution in [1.82, 2.24) is 9.38 Å². The molecule has 0 N–H and O–H groups in total. The molecule has 0 atom stereocenters. The minimum atomic E-state index is 0.600. The Morgan fingerprint density at radius 3 is 2.77 bits per heavy atom. The zero-order valence-electron chi connectivity index (χ0n) is 7.84. The summed E-state index contributed by atoms with van der Waals surface area (Å²) in [5, 5.41) is 0. The zero-order chi connectivity index (χ0) is 9.59. The molecule has 0 saturated carbocycles. The molecule has 0 amide bonds. The van der Waals surface area contributed by atoms with Gasteiger partial charge in [0.1, 0.15) is 3.70 Å². The molecular formula is C9H11IN2S. The second-order valence-electron chi connectivity index (χ2n) is 3.43. The Kier molecular flexibility index (Phi) is 2.35. The summed E-state index contributed by atoms with van der Waals surface area (Å²) in [6.07, 6.45) is 2.20. The number of fused-ring (bicyclic) bond motifs is 1. The highest BCUT2D eigenvalue weighted by atomic mass is 127. The molecule has 0 aliphatic carbocycles. The number of nitrogens with zero attached hydrogens (tertiary/aromatic N) is 2. The highest BCUT2D eigenvalue weighted by Gasteiger charge is 2.11. The Morgan fingerprint density at radius 2 is 2.23 bits per heavy atom. The van der Waals surface area contributed by atoms with E-state index in [0.29, 0.717) is 5.92 Å². The molecule has 70 valence electrons. The molecular weight excluding hydrogens is 295 g/mol. The van der Waals surface area contributed by atoms with Crippen molar-refractivity contribution in [3.8, 4) is 0 Å². The lowest BCUT2D eigenvalue weighted by molar-refractivity contribution is 0.880. The average molecular weight is 306 g/mol. The highest BCUT2D eigenvalue weighted by Crippen LogP contribution is 2.27. The Bertz CT molecular complexity index is 442. The lowest BCUT2D eigenvalue weighted by Gasteiger charge is -1.96. The highest BCUT2D eigenvalue weighted by molar-refractivity contribution is 14.1. The maximum absolute atomic E-state index is 4.49. The van der Waals surface area contributed by atoms with Gasteiger partial charge in [0.05, 0.1) is 5.69 Å². The molecule has 2 aromatic rings. The van der Waals surface area contributed by atoms with E-state index in [1.807, 2.05) is 0 Å². The van der Waals surface area contributed by atoms with Crippen LogP contribution in [-0.2, 0) is 0 Å². The molecule has 4 heteroatoms. The third-order valence-corrected chi connectivity index (χ3v) is 4.60. The summed E-state index contributed by atoms with van der Waals surface area (Å²) in [4.78, 5) is 7.01. The van der Waals surface area contributed by atoms with E-state index in [1.54, 1.807) is 11.3 Å². The lowest BCUT2D eigenvalue weighted by Crippen LogP contribution is -1.84. The SMILES string of the molecule is Cc1nc2sc(C(C)C)cn2c1I. The maximum atomic E-state index is 4.49. The molecule has 0 aliphatic rings. The van der Waals surface area contributed by atoms with E-state index >= 15 is 0 Å². The van der Waals surface area contributed by atoms with Crippen LogP contribution in [0.4, 0.5) is 0 Å². The van der Waals surface area contributed by atoms with Crippen LogP contribution in [0.25, 0.3) is 4.96 Å². The first kappa shape index (κ1) is 9.45. The number of halogens is 1. The fourth-order valence-corrected chi connectivity index (χ4v) is 2.89. The molecule has 0 radical (unpaired) electrons. The van der Waals surface area contributed by atoms with Crippen LogP contribution < -0.4 is 0 Å². The largest absolute Gasteiger partial charge is 0.285 e. The van der Waals surface area contributed by atoms with Gasteiger partial charge < -0.3 is 0 Å². The van der Waals surface area contributed by atoms with Gasteiger partial charge in [0, 0.05) is 11.1 Å². The smallest absolute Gasteiger partial charge is 0.194 e. The van der Waals surface area contributed by atoms with Crippen molar-refractivity contribution >= 4 is 38.9 Å². The number of thiazole rings is 1. The minimum Gasteiger partial charge on any atom is -0.285 e. The van der Waals surface area contributed by atoms with E-state index in [2.05, 4.69) is 58.9 Å². The molecule has 0 spiro atoms. The average Bonchev–Trinajstić information content (AvgIpc) is 2.55. The van der Waals surface area contributed by atoms with Crippen LogP contribution in [0.15, 0.2) is 6.20 Å². The molecule has 13 heavy (non-hydrogen) atoms.